The number of benzene rings is 1. The number of rotatable bonds is 6. The predicted octanol–water partition coefficient (Wildman–Crippen LogP) is 1.84. The number of imidazole rings is 1. The highest BCUT2D eigenvalue weighted by atomic mass is 16.5. The SMILES string of the molecule is Cn1c(=O)[nH]c(=O)c2[nH]c(CCC(=O)Nc3ccccc3OC3CCCC3)nc21. The topological polar surface area (TPSA) is 122 Å². The van der Waals surface area contributed by atoms with E-state index in [9.17, 15) is 14.4 Å². The Hall–Kier alpha value is -3.36. The fourth-order valence-electron chi connectivity index (χ4n) is 3.57. The fourth-order valence-corrected chi connectivity index (χ4v) is 3.57. The van der Waals surface area contributed by atoms with Crippen molar-refractivity contribution in [2.45, 2.75) is 44.6 Å². The molecule has 1 aliphatic carbocycles. The molecular formula is C20H23N5O4. The molecule has 4 rings (SSSR count). The zero-order valence-corrected chi connectivity index (χ0v) is 16.2. The molecule has 1 fully saturated rings. The lowest BCUT2D eigenvalue weighted by Crippen LogP contribution is -2.28. The number of amides is 1. The maximum absolute atomic E-state index is 12.4. The van der Waals surface area contributed by atoms with Crippen LogP contribution < -0.4 is 21.3 Å². The van der Waals surface area contributed by atoms with Crippen molar-refractivity contribution in [3.63, 3.8) is 0 Å². The highest BCUT2D eigenvalue weighted by Crippen LogP contribution is 2.29. The van der Waals surface area contributed by atoms with E-state index in [-0.39, 0.29) is 29.6 Å². The summed E-state index contributed by atoms with van der Waals surface area (Å²) >= 11 is 0. The summed E-state index contributed by atoms with van der Waals surface area (Å²) in [5.41, 5.74) is 0.0802. The molecule has 1 saturated carbocycles. The van der Waals surface area contributed by atoms with Gasteiger partial charge >= 0.3 is 5.69 Å². The third-order valence-electron chi connectivity index (χ3n) is 5.15. The van der Waals surface area contributed by atoms with E-state index in [1.807, 2.05) is 24.3 Å². The number of carbonyl (C=O) groups excluding carboxylic acids is 1. The molecule has 2 heterocycles. The minimum Gasteiger partial charge on any atom is -0.488 e. The monoisotopic (exact) mass is 397 g/mol. The Morgan fingerprint density at radius 2 is 2.00 bits per heavy atom. The number of aryl methyl sites for hydroxylation is 2. The molecule has 0 atom stereocenters. The lowest BCUT2D eigenvalue weighted by molar-refractivity contribution is -0.116. The summed E-state index contributed by atoms with van der Waals surface area (Å²) in [4.78, 5) is 45.4. The van der Waals surface area contributed by atoms with E-state index in [0.29, 0.717) is 23.7 Å². The summed E-state index contributed by atoms with van der Waals surface area (Å²) in [6, 6.07) is 7.41. The van der Waals surface area contributed by atoms with Crippen LogP contribution in [0.3, 0.4) is 0 Å². The van der Waals surface area contributed by atoms with Crippen LogP contribution in [0.5, 0.6) is 5.75 Å². The molecule has 152 valence electrons. The van der Waals surface area contributed by atoms with Gasteiger partial charge in [-0.1, -0.05) is 12.1 Å². The first kappa shape index (κ1) is 19.0. The van der Waals surface area contributed by atoms with E-state index >= 15 is 0 Å². The molecule has 0 aliphatic heterocycles. The van der Waals surface area contributed by atoms with Crippen LogP contribution in [-0.2, 0) is 18.3 Å². The Bertz CT molecular complexity index is 1150. The predicted molar refractivity (Wildman–Crippen MR) is 108 cm³/mol. The smallest absolute Gasteiger partial charge is 0.329 e. The van der Waals surface area contributed by atoms with Crippen LogP contribution in [0.25, 0.3) is 11.2 Å². The van der Waals surface area contributed by atoms with Gasteiger partial charge in [0.2, 0.25) is 5.91 Å². The van der Waals surface area contributed by atoms with E-state index < -0.39 is 11.2 Å². The minimum absolute atomic E-state index is 0.170. The summed E-state index contributed by atoms with van der Waals surface area (Å²) in [7, 11) is 1.53. The van der Waals surface area contributed by atoms with Gasteiger partial charge in [0.1, 0.15) is 17.1 Å². The molecule has 0 bridgehead atoms. The van der Waals surface area contributed by atoms with E-state index in [4.69, 9.17) is 4.74 Å². The van der Waals surface area contributed by atoms with Gasteiger partial charge in [-0.2, -0.15) is 0 Å². The fraction of sp³-hybridized carbons (Fsp3) is 0.400. The third kappa shape index (κ3) is 4.08. The van der Waals surface area contributed by atoms with Crippen LogP contribution in [0.1, 0.15) is 37.9 Å². The molecule has 0 radical (unpaired) electrons. The van der Waals surface area contributed by atoms with Crippen molar-refractivity contribution in [2.24, 2.45) is 7.05 Å². The minimum atomic E-state index is -0.530. The van der Waals surface area contributed by atoms with Crippen LogP contribution in [0.15, 0.2) is 33.9 Å². The second kappa shape index (κ2) is 7.94. The van der Waals surface area contributed by atoms with Crippen LogP contribution in [0.2, 0.25) is 0 Å². The van der Waals surface area contributed by atoms with Crippen molar-refractivity contribution < 1.29 is 9.53 Å². The van der Waals surface area contributed by atoms with Gasteiger partial charge in [0, 0.05) is 19.9 Å². The van der Waals surface area contributed by atoms with Gasteiger partial charge in [0.05, 0.1) is 11.8 Å². The second-order valence-electron chi connectivity index (χ2n) is 7.27. The summed E-state index contributed by atoms with van der Waals surface area (Å²) < 4.78 is 7.30. The number of aromatic nitrogens is 4. The molecular weight excluding hydrogens is 374 g/mol. The van der Waals surface area contributed by atoms with Gasteiger partial charge in [-0.15, -0.1) is 0 Å². The molecule has 9 heteroatoms. The van der Waals surface area contributed by atoms with E-state index in [1.54, 1.807) is 0 Å². The van der Waals surface area contributed by atoms with Crippen molar-refractivity contribution in [3.05, 3.63) is 50.9 Å². The molecule has 3 N–H and O–H groups in total. The Kier molecular flexibility index (Phi) is 5.20. The Labute approximate surface area is 166 Å². The lowest BCUT2D eigenvalue weighted by Gasteiger charge is -2.16. The van der Waals surface area contributed by atoms with Crippen molar-refractivity contribution in [1.29, 1.82) is 0 Å². The van der Waals surface area contributed by atoms with E-state index in [1.165, 1.54) is 24.5 Å². The summed E-state index contributed by atoms with van der Waals surface area (Å²) in [5.74, 6) is 0.964. The first-order valence-corrected chi connectivity index (χ1v) is 9.74. The summed E-state index contributed by atoms with van der Waals surface area (Å²) in [6.07, 6.45) is 5.10. The van der Waals surface area contributed by atoms with Crippen LogP contribution in [0.4, 0.5) is 5.69 Å². The van der Waals surface area contributed by atoms with Gasteiger partial charge in [-0.25, -0.2) is 9.78 Å². The first-order chi connectivity index (χ1) is 14.0. The number of aromatic amines is 2. The number of carbonyl (C=O) groups is 1. The van der Waals surface area contributed by atoms with E-state index in [0.717, 1.165) is 12.8 Å². The molecule has 1 aromatic carbocycles. The van der Waals surface area contributed by atoms with Crippen molar-refractivity contribution in [1.82, 2.24) is 19.5 Å². The highest BCUT2D eigenvalue weighted by Gasteiger charge is 2.18. The zero-order valence-electron chi connectivity index (χ0n) is 16.2. The van der Waals surface area contributed by atoms with Gasteiger partial charge < -0.3 is 15.0 Å². The van der Waals surface area contributed by atoms with Gasteiger partial charge in [-0.3, -0.25) is 19.1 Å². The average Bonchev–Trinajstić information content (AvgIpc) is 3.36. The van der Waals surface area contributed by atoms with Crippen LogP contribution >= 0.6 is 0 Å². The molecule has 1 aliphatic rings. The van der Waals surface area contributed by atoms with Gasteiger partial charge in [0.15, 0.2) is 5.65 Å². The number of para-hydroxylation sites is 2. The number of hydrogen-bond acceptors (Lipinski definition) is 5. The largest absolute Gasteiger partial charge is 0.488 e. The number of ether oxygens (including phenoxy) is 1. The quantitative estimate of drug-likeness (QED) is 0.586. The molecule has 2 aromatic heterocycles. The molecule has 1 amide bonds. The van der Waals surface area contributed by atoms with E-state index in [2.05, 4.69) is 20.3 Å². The average molecular weight is 397 g/mol. The second-order valence-corrected chi connectivity index (χ2v) is 7.27. The highest BCUT2D eigenvalue weighted by molar-refractivity contribution is 5.92. The molecule has 29 heavy (non-hydrogen) atoms. The molecule has 3 aromatic rings. The van der Waals surface area contributed by atoms with Crippen molar-refractivity contribution in [2.75, 3.05) is 5.32 Å². The zero-order chi connectivity index (χ0) is 20.4. The summed E-state index contributed by atoms with van der Waals surface area (Å²) in [5, 5.41) is 2.89. The Balaban J connectivity index is 1.43. The maximum Gasteiger partial charge on any atom is 0.329 e. The van der Waals surface area contributed by atoms with Gasteiger partial charge in [0.25, 0.3) is 5.56 Å². The van der Waals surface area contributed by atoms with Crippen LogP contribution in [-0.4, -0.2) is 31.5 Å². The first-order valence-electron chi connectivity index (χ1n) is 9.74. The number of nitrogens with one attached hydrogen (secondary N) is 3. The molecule has 0 spiro atoms. The molecule has 0 saturated heterocycles. The van der Waals surface area contributed by atoms with Gasteiger partial charge in [-0.05, 0) is 37.8 Å². The number of H-pyrrole nitrogens is 2. The van der Waals surface area contributed by atoms with Crippen molar-refractivity contribution in [3.8, 4) is 5.75 Å². The number of fused-ring (bicyclic) bond motifs is 1. The molecule has 0 unspecified atom stereocenters. The molecule has 9 nitrogen and oxygen atoms in total. The standard InChI is InChI=1S/C20H23N5O4/c1-25-18-17(19(27)24-20(25)28)22-15(23-18)10-11-16(26)21-13-8-4-5-9-14(13)29-12-6-2-3-7-12/h4-5,8-9,12H,2-3,6-7,10-11H2,1H3,(H,21,26)(H,22,23)(H,24,27,28). The normalized spacial score (nSPS) is 14.4. The Morgan fingerprint density at radius 3 is 2.79 bits per heavy atom. The number of nitrogens with zero attached hydrogens (tertiary/aromatic N) is 2. The number of anilines is 1. The van der Waals surface area contributed by atoms with Crippen LogP contribution in [0, 0.1) is 0 Å². The lowest BCUT2D eigenvalue weighted by atomic mass is 10.2. The third-order valence-corrected chi connectivity index (χ3v) is 5.15. The summed E-state index contributed by atoms with van der Waals surface area (Å²) in [6.45, 7) is 0. The number of hydrogen-bond donors (Lipinski definition) is 3. The maximum atomic E-state index is 12.4. The van der Waals surface area contributed by atoms with Crippen molar-refractivity contribution >= 4 is 22.8 Å². The Morgan fingerprint density at radius 1 is 1.24 bits per heavy atom.